The highest BCUT2D eigenvalue weighted by Gasteiger charge is 2.06. The van der Waals surface area contributed by atoms with Crippen molar-refractivity contribution in [1.82, 2.24) is 0 Å². The quantitative estimate of drug-likeness (QED) is 0.450. The number of hydrogen-bond acceptors (Lipinski definition) is 2. The van der Waals surface area contributed by atoms with Gasteiger partial charge in [-0.05, 0) is 27.6 Å². The molecule has 0 aliphatic carbocycles. The van der Waals surface area contributed by atoms with Crippen LogP contribution in [0.1, 0.15) is 24.5 Å². The molecule has 4 heteroatoms. The van der Waals surface area contributed by atoms with E-state index in [9.17, 15) is 4.39 Å². The van der Waals surface area contributed by atoms with Gasteiger partial charge < -0.3 is 5.09 Å². The normalized spacial score (nSPS) is 9.00. The Balaban J connectivity index is 3.16. The standard InChI is InChI=1S/C11H12FN2P/c1-2-3-4-8-5-6-10(14-15)9(7-8)11(12)13/h5-7,13-14H,2,15H2,1H3. The van der Waals surface area contributed by atoms with Crippen molar-refractivity contribution in [3.63, 3.8) is 0 Å². The van der Waals surface area contributed by atoms with Gasteiger partial charge in [-0.15, -0.1) is 0 Å². The Morgan fingerprint density at radius 3 is 2.87 bits per heavy atom. The topological polar surface area (TPSA) is 35.9 Å². The van der Waals surface area contributed by atoms with Crippen LogP contribution in [0.25, 0.3) is 0 Å². The predicted octanol–water partition coefficient (Wildman–Crippen LogP) is 2.94. The highest BCUT2D eigenvalue weighted by atomic mass is 31.0. The van der Waals surface area contributed by atoms with Crippen LogP contribution in [0.3, 0.4) is 0 Å². The molecule has 0 aromatic heterocycles. The summed E-state index contributed by atoms with van der Waals surface area (Å²) in [6.07, 6.45) is 0.756. The van der Waals surface area contributed by atoms with Crippen molar-refractivity contribution in [2.24, 2.45) is 0 Å². The van der Waals surface area contributed by atoms with Crippen LogP contribution in [0.5, 0.6) is 0 Å². The molecule has 0 spiro atoms. The van der Waals surface area contributed by atoms with Crippen molar-refractivity contribution in [2.75, 3.05) is 5.09 Å². The summed E-state index contributed by atoms with van der Waals surface area (Å²) >= 11 is 0. The second-order valence-electron chi connectivity index (χ2n) is 2.87. The Kier molecular flexibility index (Phi) is 4.27. The third-order valence-corrected chi connectivity index (χ3v) is 2.13. The van der Waals surface area contributed by atoms with Crippen molar-refractivity contribution in [2.45, 2.75) is 13.3 Å². The second-order valence-corrected chi connectivity index (χ2v) is 3.16. The molecule has 0 fully saturated rings. The van der Waals surface area contributed by atoms with Crippen LogP contribution in [0, 0.1) is 17.3 Å². The molecule has 78 valence electrons. The monoisotopic (exact) mass is 222 g/mol. The average molecular weight is 222 g/mol. The Bertz CT molecular complexity index is 432. The van der Waals surface area contributed by atoms with E-state index in [1.165, 1.54) is 0 Å². The molecule has 0 bridgehead atoms. The smallest absolute Gasteiger partial charge is 0.214 e. The molecule has 1 rings (SSSR count). The molecule has 1 unspecified atom stereocenters. The minimum atomic E-state index is -0.958. The molecular formula is C11H12FN2P. The van der Waals surface area contributed by atoms with E-state index in [2.05, 4.69) is 26.3 Å². The van der Waals surface area contributed by atoms with Gasteiger partial charge in [-0.25, -0.2) is 0 Å². The van der Waals surface area contributed by atoms with Crippen LogP contribution >= 0.6 is 9.39 Å². The summed E-state index contributed by atoms with van der Waals surface area (Å²) in [6, 6.07) is 5.06. The van der Waals surface area contributed by atoms with Crippen LogP contribution < -0.4 is 5.09 Å². The number of rotatable bonds is 2. The molecule has 1 aromatic rings. The fourth-order valence-corrected chi connectivity index (χ4v) is 1.37. The molecule has 1 atom stereocenters. The van der Waals surface area contributed by atoms with E-state index in [4.69, 9.17) is 5.41 Å². The van der Waals surface area contributed by atoms with E-state index in [1.807, 2.05) is 6.92 Å². The van der Waals surface area contributed by atoms with Crippen LogP contribution in [0.15, 0.2) is 18.2 Å². The molecule has 0 aliphatic rings. The van der Waals surface area contributed by atoms with Gasteiger partial charge in [-0.3, -0.25) is 5.41 Å². The molecule has 2 nitrogen and oxygen atoms in total. The van der Waals surface area contributed by atoms with E-state index < -0.39 is 5.97 Å². The van der Waals surface area contributed by atoms with Gasteiger partial charge in [-0.1, -0.05) is 18.8 Å². The Morgan fingerprint density at radius 1 is 1.60 bits per heavy atom. The first-order valence-corrected chi connectivity index (χ1v) is 5.10. The maximum atomic E-state index is 12.9. The molecule has 15 heavy (non-hydrogen) atoms. The fraction of sp³-hybridized carbons (Fsp3) is 0.182. The Morgan fingerprint density at radius 2 is 2.33 bits per heavy atom. The lowest BCUT2D eigenvalue weighted by Gasteiger charge is -2.05. The Hall–Kier alpha value is -1.39. The first kappa shape index (κ1) is 11.7. The van der Waals surface area contributed by atoms with Crippen LogP contribution in [0.2, 0.25) is 0 Å². The van der Waals surface area contributed by atoms with Gasteiger partial charge in [0, 0.05) is 17.7 Å². The van der Waals surface area contributed by atoms with Gasteiger partial charge in [0.2, 0.25) is 5.97 Å². The van der Waals surface area contributed by atoms with Gasteiger partial charge in [0.25, 0.3) is 0 Å². The van der Waals surface area contributed by atoms with Crippen LogP contribution in [-0.2, 0) is 0 Å². The maximum absolute atomic E-state index is 12.9. The van der Waals surface area contributed by atoms with E-state index in [0.29, 0.717) is 5.69 Å². The molecule has 0 saturated carbocycles. The highest BCUT2D eigenvalue weighted by molar-refractivity contribution is 7.18. The summed E-state index contributed by atoms with van der Waals surface area (Å²) in [4.78, 5) is 0. The SMILES string of the molecule is CCC#Cc1ccc(NP)c(C(=N)F)c1. The Labute approximate surface area is 91.0 Å². The van der Waals surface area contributed by atoms with Crippen molar-refractivity contribution in [3.05, 3.63) is 29.3 Å². The first-order valence-electron chi connectivity index (χ1n) is 4.53. The fourth-order valence-electron chi connectivity index (χ4n) is 1.12. The zero-order valence-corrected chi connectivity index (χ0v) is 9.55. The first-order chi connectivity index (χ1) is 7.19. The molecule has 0 amide bonds. The lowest BCUT2D eigenvalue weighted by Crippen LogP contribution is -1.96. The van der Waals surface area contributed by atoms with Crippen molar-refractivity contribution >= 4 is 21.0 Å². The molecule has 2 N–H and O–H groups in total. The molecule has 1 aromatic carbocycles. The number of anilines is 1. The van der Waals surface area contributed by atoms with Gasteiger partial charge in [0.05, 0.1) is 5.56 Å². The van der Waals surface area contributed by atoms with Crippen molar-refractivity contribution in [3.8, 4) is 11.8 Å². The number of nitrogens with one attached hydrogen (secondary N) is 2. The third-order valence-electron chi connectivity index (χ3n) is 1.82. The molecule has 0 saturated heterocycles. The largest absolute Gasteiger partial charge is 0.369 e. The van der Waals surface area contributed by atoms with E-state index in [-0.39, 0.29) is 5.56 Å². The lowest BCUT2D eigenvalue weighted by molar-refractivity contribution is 0.798. The van der Waals surface area contributed by atoms with Gasteiger partial charge in [0.1, 0.15) is 0 Å². The van der Waals surface area contributed by atoms with E-state index >= 15 is 0 Å². The van der Waals surface area contributed by atoms with Gasteiger partial charge in [0.15, 0.2) is 0 Å². The van der Waals surface area contributed by atoms with Crippen LogP contribution in [0.4, 0.5) is 10.1 Å². The van der Waals surface area contributed by atoms with E-state index in [0.717, 1.165) is 12.0 Å². The second kappa shape index (κ2) is 5.48. The summed E-state index contributed by atoms with van der Waals surface area (Å²) in [6.45, 7) is 1.95. The van der Waals surface area contributed by atoms with Crippen LogP contribution in [-0.4, -0.2) is 5.97 Å². The molecule has 0 radical (unpaired) electrons. The van der Waals surface area contributed by atoms with Crippen molar-refractivity contribution in [1.29, 1.82) is 5.41 Å². The number of hydrogen-bond donors (Lipinski definition) is 2. The zero-order valence-electron chi connectivity index (χ0n) is 8.39. The molecular weight excluding hydrogens is 210 g/mol. The summed E-state index contributed by atoms with van der Waals surface area (Å²) in [5.74, 6) is 4.83. The summed E-state index contributed by atoms with van der Waals surface area (Å²) in [7, 11) is 2.28. The van der Waals surface area contributed by atoms with Gasteiger partial charge >= 0.3 is 0 Å². The summed E-state index contributed by atoms with van der Waals surface area (Å²) in [5.41, 5.74) is 1.51. The van der Waals surface area contributed by atoms with E-state index in [1.54, 1.807) is 18.2 Å². The lowest BCUT2D eigenvalue weighted by atomic mass is 10.1. The highest BCUT2D eigenvalue weighted by Crippen LogP contribution is 2.19. The predicted molar refractivity (Wildman–Crippen MR) is 64.9 cm³/mol. The third kappa shape index (κ3) is 3.04. The molecule has 0 heterocycles. The average Bonchev–Trinajstić information content (AvgIpc) is 2.25. The van der Waals surface area contributed by atoms with Crippen molar-refractivity contribution < 1.29 is 4.39 Å². The zero-order chi connectivity index (χ0) is 11.3. The summed E-state index contributed by atoms with van der Waals surface area (Å²) in [5, 5.41) is 9.74. The maximum Gasteiger partial charge on any atom is 0.214 e. The minimum Gasteiger partial charge on any atom is -0.369 e. The minimum absolute atomic E-state index is 0.230. The number of benzene rings is 1. The summed E-state index contributed by atoms with van der Waals surface area (Å²) < 4.78 is 12.9. The number of halogens is 1. The molecule has 0 aliphatic heterocycles. The van der Waals surface area contributed by atoms with Gasteiger partial charge in [-0.2, -0.15) is 4.39 Å².